The molecule has 0 aliphatic carbocycles. The maximum Gasteiger partial charge on any atom is 0.265 e. The summed E-state index contributed by atoms with van der Waals surface area (Å²) in [6, 6.07) is 11.5. The van der Waals surface area contributed by atoms with Gasteiger partial charge in [-0.2, -0.15) is 4.98 Å². The lowest BCUT2D eigenvalue weighted by molar-refractivity contribution is -0.00528. The normalized spacial score (nSPS) is 19.5. The Bertz CT molecular complexity index is 1360. The molecule has 1 aromatic heterocycles. The number of morpholine rings is 1. The topological polar surface area (TPSA) is 77.1 Å². The molecule has 0 radical (unpaired) electrons. The highest BCUT2D eigenvalue weighted by atomic mass is 35.5. The number of carbonyl (C=O) groups excluding carboxylic acids is 1. The lowest BCUT2D eigenvalue weighted by Gasteiger charge is -2.38. The highest BCUT2D eigenvalue weighted by Gasteiger charge is 2.33. The third kappa shape index (κ3) is 5.77. The van der Waals surface area contributed by atoms with Gasteiger partial charge in [0, 0.05) is 44.3 Å². The van der Waals surface area contributed by atoms with E-state index in [1.54, 1.807) is 29.3 Å². The van der Waals surface area contributed by atoms with Gasteiger partial charge in [0.15, 0.2) is 0 Å². The van der Waals surface area contributed by atoms with Gasteiger partial charge in [-0.3, -0.25) is 9.69 Å². The Kier molecular flexibility index (Phi) is 7.87. The fourth-order valence-electron chi connectivity index (χ4n) is 5.23. The van der Waals surface area contributed by atoms with E-state index in [0.717, 1.165) is 25.3 Å². The monoisotopic (exact) mass is 569 g/mol. The molecule has 2 aromatic carbocycles. The van der Waals surface area contributed by atoms with E-state index >= 15 is 0 Å². The number of fused-ring (bicyclic) bond motifs is 1. The van der Waals surface area contributed by atoms with Crippen molar-refractivity contribution in [3.05, 3.63) is 63.8 Å². The summed E-state index contributed by atoms with van der Waals surface area (Å²) in [6.07, 6.45) is 1.89. The SMILES string of the molecule is CC1CN(c2ccc(Nc3ncc4c(n3)N(C)CN(c3c(Cl)cccc3Cl)C4=O)cc2CN(C)C)CC(C)O1. The number of para-hydroxylation sites is 1. The van der Waals surface area contributed by atoms with Gasteiger partial charge >= 0.3 is 0 Å². The van der Waals surface area contributed by atoms with Gasteiger partial charge in [0.1, 0.15) is 11.4 Å². The number of rotatable bonds is 6. The number of anilines is 5. The number of carbonyl (C=O) groups is 1. The smallest absolute Gasteiger partial charge is 0.265 e. The minimum atomic E-state index is -0.253. The Balaban J connectivity index is 1.41. The molecular weight excluding hydrogens is 537 g/mol. The van der Waals surface area contributed by atoms with Crippen molar-refractivity contribution in [1.82, 2.24) is 14.9 Å². The highest BCUT2D eigenvalue weighted by Crippen LogP contribution is 2.38. The predicted octanol–water partition coefficient (Wildman–Crippen LogP) is 5.26. The number of halogens is 2. The maximum absolute atomic E-state index is 13.4. The molecule has 2 aliphatic heterocycles. The molecule has 2 aliphatic rings. The van der Waals surface area contributed by atoms with E-state index in [0.29, 0.717) is 33.1 Å². The van der Waals surface area contributed by atoms with Gasteiger partial charge in [-0.15, -0.1) is 0 Å². The Morgan fingerprint density at radius 2 is 1.79 bits per heavy atom. The number of nitrogens with one attached hydrogen (secondary N) is 1. The second kappa shape index (κ2) is 11.2. The third-order valence-electron chi connectivity index (χ3n) is 6.75. The van der Waals surface area contributed by atoms with E-state index in [2.05, 4.69) is 65.2 Å². The lowest BCUT2D eigenvalue weighted by Crippen LogP contribution is -2.46. The number of aromatic nitrogens is 2. The van der Waals surface area contributed by atoms with Crippen molar-refractivity contribution in [3.63, 3.8) is 0 Å². The summed E-state index contributed by atoms with van der Waals surface area (Å²) < 4.78 is 5.94. The molecule has 5 rings (SSSR count). The van der Waals surface area contributed by atoms with Crippen LogP contribution in [0.4, 0.5) is 28.8 Å². The van der Waals surface area contributed by atoms with E-state index in [-0.39, 0.29) is 24.8 Å². The summed E-state index contributed by atoms with van der Waals surface area (Å²) in [7, 11) is 5.99. The van der Waals surface area contributed by atoms with Crippen LogP contribution < -0.4 is 20.0 Å². The van der Waals surface area contributed by atoms with Gasteiger partial charge in [0.2, 0.25) is 5.95 Å². The van der Waals surface area contributed by atoms with Crippen molar-refractivity contribution in [2.45, 2.75) is 32.6 Å². The first-order chi connectivity index (χ1) is 18.6. The second-order valence-corrected chi connectivity index (χ2v) is 11.3. The van der Waals surface area contributed by atoms with Crippen LogP contribution in [-0.4, -0.2) is 73.9 Å². The van der Waals surface area contributed by atoms with Gasteiger partial charge in [0.05, 0.1) is 34.6 Å². The van der Waals surface area contributed by atoms with Gasteiger partial charge < -0.3 is 24.8 Å². The zero-order valence-corrected chi connectivity index (χ0v) is 24.3. The summed E-state index contributed by atoms with van der Waals surface area (Å²) in [5, 5.41) is 4.15. The molecule has 0 bridgehead atoms. The van der Waals surface area contributed by atoms with Crippen LogP contribution in [0.25, 0.3) is 0 Å². The molecule has 206 valence electrons. The Hall–Kier alpha value is -3.11. The van der Waals surface area contributed by atoms with Gasteiger partial charge in [0.25, 0.3) is 5.91 Å². The van der Waals surface area contributed by atoms with E-state index < -0.39 is 0 Å². The standard InChI is InChI=1S/C28H33Cl2N7O2/c1-17-13-36(14-18(2)39-17)24-10-9-20(11-19(24)15-34(3)4)32-28-31-12-21-26(33-28)35(5)16-37(27(21)38)25-22(29)7-6-8-23(25)30/h6-12,17-18H,13-16H2,1-5H3,(H,31,32,33). The molecule has 1 saturated heterocycles. The fraction of sp³-hybridized carbons (Fsp3) is 0.393. The summed E-state index contributed by atoms with van der Waals surface area (Å²) in [5.74, 6) is 0.699. The van der Waals surface area contributed by atoms with Crippen molar-refractivity contribution < 1.29 is 9.53 Å². The molecule has 3 heterocycles. The number of hydrogen-bond acceptors (Lipinski definition) is 8. The first-order valence-corrected chi connectivity index (χ1v) is 13.7. The summed E-state index contributed by atoms with van der Waals surface area (Å²) in [6.45, 7) is 6.96. The summed E-state index contributed by atoms with van der Waals surface area (Å²) >= 11 is 12.8. The molecule has 3 aromatic rings. The van der Waals surface area contributed by atoms with Crippen molar-refractivity contribution in [3.8, 4) is 0 Å². The molecule has 39 heavy (non-hydrogen) atoms. The quantitative estimate of drug-likeness (QED) is 0.431. The fourth-order valence-corrected chi connectivity index (χ4v) is 5.83. The molecule has 1 amide bonds. The van der Waals surface area contributed by atoms with Crippen molar-refractivity contribution in [2.24, 2.45) is 0 Å². The number of amides is 1. The van der Waals surface area contributed by atoms with Crippen LogP contribution >= 0.6 is 23.2 Å². The van der Waals surface area contributed by atoms with Crippen LogP contribution in [0.2, 0.25) is 10.0 Å². The Morgan fingerprint density at radius 3 is 2.46 bits per heavy atom. The zero-order valence-electron chi connectivity index (χ0n) is 22.8. The molecule has 1 fully saturated rings. The van der Waals surface area contributed by atoms with E-state index in [4.69, 9.17) is 27.9 Å². The van der Waals surface area contributed by atoms with Gasteiger partial charge in [-0.25, -0.2) is 4.98 Å². The summed E-state index contributed by atoms with van der Waals surface area (Å²) in [4.78, 5) is 30.5. The largest absolute Gasteiger partial charge is 0.372 e. The maximum atomic E-state index is 13.4. The highest BCUT2D eigenvalue weighted by molar-refractivity contribution is 6.40. The van der Waals surface area contributed by atoms with Crippen molar-refractivity contribution >= 4 is 57.9 Å². The number of nitrogens with zero attached hydrogens (tertiary/aromatic N) is 6. The third-order valence-corrected chi connectivity index (χ3v) is 7.36. The molecular formula is C28H33Cl2N7O2. The van der Waals surface area contributed by atoms with E-state index in [1.807, 2.05) is 18.0 Å². The number of benzene rings is 2. The van der Waals surface area contributed by atoms with E-state index in [9.17, 15) is 4.79 Å². The average Bonchev–Trinajstić information content (AvgIpc) is 2.86. The molecule has 0 spiro atoms. The first kappa shape index (κ1) is 27.5. The molecule has 2 unspecified atom stereocenters. The molecule has 11 heteroatoms. The Labute approximate surface area is 239 Å². The molecule has 1 N–H and O–H groups in total. The van der Waals surface area contributed by atoms with Crippen LogP contribution in [0.1, 0.15) is 29.8 Å². The molecule has 9 nitrogen and oxygen atoms in total. The van der Waals surface area contributed by atoms with Gasteiger partial charge in [-0.1, -0.05) is 29.3 Å². The van der Waals surface area contributed by atoms with Crippen LogP contribution in [0.15, 0.2) is 42.6 Å². The second-order valence-electron chi connectivity index (χ2n) is 10.4. The first-order valence-electron chi connectivity index (χ1n) is 12.9. The van der Waals surface area contributed by atoms with Crippen LogP contribution in [0.3, 0.4) is 0 Å². The minimum absolute atomic E-state index is 0.173. The number of hydrogen-bond donors (Lipinski definition) is 1. The van der Waals surface area contributed by atoms with Crippen molar-refractivity contribution in [1.29, 1.82) is 0 Å². The summed E-state index contributed by atoms with van der Waals surface area (Å²) in [5.41, 5.74) is 4.13. The van der Waals surface area contributed by atoms with Gasteiger partial charge in [-0.05, 0) is 63.8 Å². The zero-order chi connectivity index (χ0) is 27.8. The average molecular weight is 571 g/mol. The molecule has 2 atom stereocenters. The van der Waals surface area contributed by atoms with Crippen molar-refractivity contribution in [2.75, 3.05) is 60.9 Å². The van der Waals surface area contributed by atoms with Crippen LogP contribution in [-0.2, 0) is 11.3 Å². The van der Waals surface area contributed by atoms with E-state index in [1.165, 1.54) is 11.3 Å². The lowest BCUT2D eigenvalue weighted by atomic mass is 10.1. The Morgan fingerprint density at radius 1 is 1.10 bits per heavy atom. The number of ether oxygens (including phenoxy) is 1. The van der Waals surface area contributed by atoms with Crippen LogP contribution in [0.5, 0.6) is 0 Å². The predicted molar refractivity (Wildman–Crippen MR) is 158 cm³/mol. The molecule has 0 saturated carbocycles. The van der Waals surface area contributed by atoms with Crippen LogP contribution in [0, 0.1) is 0 Å². The minimum Gasteiger partial charge on any atom is -0.372 e.